The van der Waals surface area contributed by atoms with Crippen molar-refractivity contribution < 1.29 is 4.74 Å². The third-order valence-corrected chi connectivity index (χ3v) is 4.16. The summed E-state index contributed by atoms with van der Waals surface area (Å²) in [5.74, 6) is 1.49. The zero-order valence-electron chi connectivity index (χ0n) is 15.5. The fourth-order valence-electron chi connectivity index (χ4n) is 2.70. The fourth-order valence-corrected chi connectivity index (χ4v) is 2.70. The molecule has 0 amide bonds. The molecule has 138 valence electrons. The highest BCUT2D eigenvalue weighted by Gasteiger charge is 2.24. The van der Waals surface area contributed by atoms with Gasteiger partial charge >= 0.3 is 0 Å². The Hall–Kier alpha value is -0.120. The number of ether oxygens (including phenoxy) is 1. The molecule has 1 fully saturated rings. The first-order valence-corrected chi connectivity index (χ1v) is 8.52. The maximum atomic E-state index is 5.08. The van der Waals surface area contributed by atoms with Gasteiger partial charge in [-0.2, -0.15) is 0 Å². The first-order chi connectivity index (χ1) is 10.6. The number of hydrogen-bond acceptors (Lipinski definition) is 4. The molecule has 0 spiro atoms. The summed E-state index contributed by atoms with van der Waals surface area (Å²) in [7, 11) is 3.91. The molecule has 1 rings (SSSR count). The molecular weight excluding hydrogens is 405 g/mol. The maximum absolute atomic E-state index is 5.08. The van der Waals surface area contributed by atoms with Crippen LogP contribution in [0, 0.1) is 5.92 Å². The lowest BCUT2D eigenvalue weighted by Gasteiger charge is -2.39. The van der Waals surface area contributed by atoms with E-state index in [0.717, 1.165) is 51.8 Å². The van der Waals surface area contributed by atoms with Crippen LogP contribution >= 0.6 is 24.0 Å². The summed E-state index contributed by atoms with van der Waals surface area (Å²) in [5, 5.41) is 6.62. The van der Waals surface area contributed by atoms with Crippen LogP contribution in [0.15, 0.2) is 4.99 Å². The predicted molar refractivity (Wildman–Crippen MR) is 109 cm³/mol. The van der Waals surface area contributed by atoms with Crippen LogP contribution in [-0.4, -0.2) is 88.4 Å². The van der Waals surface area contributed by atoms with Gasteiger partial charge in [0.1, 0.15) is 0 Å². The number of nitrogens with zero attached hydrogens (tertiary/aromatic N) is 3. The van der Waals surface area contributed by atoms with Gasteiger partial charge in [0.05, 0.1) is 13.2 Å². The molecule has 2 N–H and O–H groups in total. The Balaban J connectivity index is 0.00000484. The first-order valence-electron chi connectivity index (χ1n) is 8.52. The Morgan fingerprint density at radius 1 is 1.17 bits per heavy atom. The van der Waals surface area contributed by atoms with Crippen molar-refractivity contribution >= 4 is 29.9 Å². The van der Waals surface area contributed by atoms with Gasteiger partial charge in [-0.1, -0.05) is 13.8 Å². The first kappa shape index (κ1) is 22.9. The van der Waals surface area contributed by atoms with Crippen LogP contribution in [0.2, 0.25) is 0 Å². The van der Waals surface area contributed by atoms with Crippen LogP contribution in [0.1, 0.15) is 20.8 Å². The van der Waals surface area contributed by atoms with E-state index >= 15 is 0 Å². The average Bonchev–Trinajstić information content (AvgIpc) is 2.49. The second-order valence-electron chi connectivity index (χ2n) is 6.29. The van der Waals surface area contributed by atoms with E-state index in [1.165, 1.54) is 0 Å². The van der Waals surface area contributed by atoms with Crippen molar-refractivity contribution in [3.63, 3.8) is 0 Å². The highest BCUT2D eigenvalue weighted by Crippen LogP contribution is 2.13. The molecule has 23 heavy (non-hydrogen) atoms. The molecule has 1 saturated heterocycles. The zero-order valence-corrected chi connectivity index (χ0v) is 17.8. The molecule has 0 aromatic carbocycles. The summed E-state index contributed by atoms with van der Waals surface area (Å²) in [6, 6.07) is 0.506. The molecule has 0 bridgehead atoms. The molecule has 6 nitrogen and oxygen atoms in total. The van der Waals surface area contributed by atoms with Gasteiger partial charge in [0.2, 0.25) is 0 Å². The minimum absolute atomic E-state index is 0. The molecule has 7 heteroatoms. The van der Waals surface area contributed by atoms with E-state index in [1.54, 1.807) is 7.11 Å². The highest BCUT2D eigenvalue weighted by molar-refractivity contribution is 14.0. The van der Waals surface area contributed by atoms with Crippen LogP contribution in [0.25, 0.3) is 0 Å². The van der Waals surface area contributed by atoms with Crippen molar-refractivity contribution in [3.8, 4) is 0 Å². The molecule has 1 aliphatic rings. The van der Waals surface area contributed by atoms with Gasteiger partial charge < -0.3 is 20.3 Å². The lowest BCUT2D eigenvalue weighted by Crippen LogP contribution is -2.52. The normalized spacial score (nSPS) is 18.6. The highest BCUT2D eigenvalue weighted by atomic mass is 127. The minimum Gasteiger partial charge on any atom is -0.383 e. The number of piperazine rings is 1. The largest absolute Gasteiger partial charge is 0.383 e. The fraction of sp³-hybridized carbons (Fsp3) is 0.938. The number of halogens is 1. The van der Waals surface area contributed by atoms with Crippen LogP contribution in [0.5, 0.6) is 0 Å². The lowest BCUT2D eigenvalue weighted by atomic mass is 10.0. The quantitative estimate of drug-likeness (QED) is 0.256. The average molecular weight is 441 g/mol. The van der Waals surface area contributed by atoms with Crippen molar-refractivity contribution in [3.05, 3.63) is 0 Å². The van der Waals surface area contributed by atoms with E-state index in [4.69, 9.17) is 9.73 Å². The molecule has 1 unspecified atom stereocenters. The van der Waals surface area contributed by atoms with E-state index in [2.05, 4.69) is 48.3 Å². The summed E-state index contributed by atoms with van der Waals surface area (Å²) in [5.41, 5.74) is 0. The smallest absolute Gasteiger partial charge is 0.191 e. The zero-order chi connectivity index (χ0) is 16.4. The Morgan fingerprint density at radius 3 is 2.35 bits per heavy atom. The van der Waals surface area contributed by atoms with E-state index < -0.39 is 0 Å². The van der Waals surface area contributed by atoms with E-state index in [1.807, 2.05) is 0 Å². The molecule has 1 aliphatic heterocycles. The minimum atomic E-state index is 0. The van der Waals surface area contributed by atoms with Crippen LogP contribution in [0.4, 0.5) is 0 Å². The molecule has 1 heterocycles. The van der Waals surface area contributed by atoms with E-state index in [0.29, 0.717) is 18.6 Å². The number of hydrogen-bond donors (Lipinski definition) is 2. The predicted octanol–water partition coefficient (Wildman–Crippen LogP) is 1.08. The van der Waals surface area contributed by atoms with Gasteiger partial charge in [0.25, 0.3) is 0 Å². The number of aliphatic imine (C=N–C) groups is 1. The lowest BCUT2D eigenvalue weighted by molar-refractivity contribution is 0.0925. The summed E-state index contributed by atoms with van der Waals surface area (Å²) in [4.78, 5) is 9.77. The molecule has 0 radical (unpaired) electrons. The van der Waals surface area contributed by atoms with Gasteiger partial charge in [0.15, 0.2) is 5.96 Å². The topological polar surface area (TPSA) is 52.1 Å². The molecule has 1 atom stereocenters. The standard InChI is InChI=1S/C16H35N5O.HI/c1-6-17-16(18-7-12-22-5)19-13-15(14(2)3)21-10-8-20(4)9-11-21;/h14-15H,6-13H2,1-5H3,(H2,17,18,19);1H. The number of nitrogens with one attached hydrogen (secondary N) is 2. The Labute approximate surface area is 159 Å². The van der Waals surface area contributed by atoms with Crippen molar-refractivity contribution in [1.29, 1.82) is 0 Å². The Bertz CT molecular complexity index is 320. The van der Waals surface area contributed by atoms with Crippen molar-refractivity contribution in [1.82, 2.24) is 20.4 Å². The van der Waals surface area contributed by atoms with Crippen molar-refractivity contribution in [2.45, 2.75) is 26.8 Å². The van der Waals surface area contributed by atoms with Gasteiger partial charge in [-0.15, -0.1) is 24.0 Å². The van der Waals surface area contributed by atoms with Crippen LogP contribution in [0.3, 0.4) is 0 Å². The molecule has 0 saturated carbocycles. The Morgan fingerprint density at radius 2 is 1.83 bits per heavy atom. The van der Waals surface area contributed by atoms with Gasteiger partial charge in [0, 0.05) is 52.4 Å². The third kappa shape index (κ3) is 9.07. The van der Waals surface area contributed by atoms with Gasteiger partial charge in [-0.05, 0) is 19.9 Å². The maximum Gasteiger partial charge on any atom is 0.191 e. The van der Waals surface area contributed by atoms with Gasteiger partial charge in [-0.3, -0.25) is 9.89 Å². The third-order valence-electron chi connectivity index (χ3n) is 4.16. The van der Waals surface area contributed by atoms with E-state index in [-0.39, 0.29) is 24.0 Å². The second kappa shape index (κ2) is 13.2. The van der Waals surface area contributed by atoms with Crippen LogP contribution in [-0.2, 0) is 4.74 Å². The van der Waals surface area contributed by atoms with Crippen molar-refractivity contribution in [2.75, 3.05) is 66.6 Å². The molecule has 0 aromatic rings. The van der Waals surface area contributed by atoms with Gasteiger partial charge in [-0.25, -0.2) is 0 Å². The molecule has 0 aliphatic carbocycles. The molecular formula is C16H36IN5O. The second-order valence-corrected chi connectivity index (χ2v) is 6.29. The summed E-state index contributed by atoms with van der Waals surface area (Å²) in [6.45, 7) is 14.5. The summed E-state index contributed by atoms with van der Waals surface area (Å²) >= 11 is 0. The number of guanidine groups is 1. The SMILES string of the molecule is CCNC(=NCC(C(C)C)N1CCN(C)CC1)NCCOC.I. The van der Waals surface area contributed by atoms with E-state index in [9.17, 15) is 0 Å². The molecule has 0 aromatic heterocycles. The summed E-state index contributed by atoms with van der Waals surface area (Å²) < 4.78 is 5.08. The number of methoxy groups -OCH3 is 1. The number of likely N-dealkylation sites (N-methyl/N-ethyl adjacent to an activating group) is 1. The Kier molecular flexibility index (Phi) is 13.1. The van der Waals surface area contributed by atoms with Crippen molar-refractivity contribution in [2.24, 2.45) is 10.9 Å². The summed E-state index contributed by atoms with van der Waals surface area (Å²) in [6.07, 6.45) is 0. The number of rotatable bonds is 8. The monoisotopic (exact) mass is 441 g/mol. The van der Waals surface area contributed by atoms with Crippen LogP contribution < -0.4 is 10.6 Å².